The van der Waals surface area contributed by atoms with Crippen LogP contribution in [-0.2, 0) is 0 Å². The van der Waals surface area contributed by atoms with E-state index in [2.05, 4.69) is 19.2 Å². The molecule has 1 rings (SSSR count). The predicted molar refractivity (Wildman–Crippen MR) is 49.1 cm³/mol. The lowest BCUT2D eigenvalue weighted by atomic mass is 10.0. The number of nitrogens with zero attached hydrogens (tertiary/aromatic N) is 1. The molecule has 1 aliphatic heterocycles. The highest BCUT2D eigenvalue weighted by Gasteiger charge is 2.27. The van der Waals surface area contributed by atoms with E-state index in [0.717, 1.165) is 13.0 Å². The minimum absolute atomic E-state index is 0.0706. The Kier molecular flexibility index (Phi) is 3.47. The molecule has 0 aromatic heterocycles. The van der Waals surface area contributed by atoms with Gasteiger partial charge in [0.05, 0.1) is 0 Å². The number of alkyl halides is 1. The summed E-state index contributed by atoms with van der Waals surface area (Å²) < 4.78 is 13.4. The van der Waals surface area contributed by atoms with Crippen molar-refractivity contribution < 1.29 is 4.39 Å². The van der Waals surface area contributed by atoms with Crippen LogP contribution in [0.4, 0.5) is 4.39 Å². The van der Waals surface area contributed by atoms with Gasteiger partial charge in [0.15, 0.2) is 0 Å². The molecule has 2 nitrogen and oxygen atoms in total. The van der Waals surface area contributed by atoms with Gasteiger partial charge < -0.3 is 10.2 Å². The molecule has 1 aliphatic rings. The first-order valence-electron chi connectivity index (χ1n) is 4.68. The summed E-state index contributed by atoms with van der Waals surface area (Å²) in [5, 5.41) is 3.25. The van der Waals surface area contributed by atoms with E-state index in [-0.39, 0.29) is 6.04 Å². The van der Waals surface area contributed by atoms with Crippen LogP contribution in [0.2, 0.25) is 0 Å². The number of piperidine rings is 1. The minimum Gasteiger partial charge on any atom is -0.309 e. The largest absolute Gasteiger partial charge is 0.309 e. The number of rotatable bonds is 2. The zero-order chi connectivity index (χ0) is 9.14. The third-order valence-electron chi connectivity index (χ3n) is 2.29. The van der Waals surface area contributed by atoms with Gasteiger partial charge in [-0.1, -0.05) is 13.8 Å². The Hall–Kier alpha value is -0.150. The molecule has 3 heteroatoms. The Labute approximate surface area is 74.1 Å². The number of likely N-dealkylation sites (tertiary alicyclic amines) is 1. The van der Waals surface area contributed by atoms with Crippen molar-refractivity contribution in [2.75, 3.05) is 20.1 Å². The van der Waals surface area contributed by atoms with Crippen molar-refractivity contribution in [1.29, 1.82) is 0 Å². The fraction of sp³-hybridized carbons (Fsp3) is 1.00. The summed E-state index contributed by atoms with van der Waals surface area (Å²) in [4.78, 5) is 2.04. The van der Waals surface area contributed by atoms with Gasteiger partial charge in [0.2, 0.25) is 0 Å². The smallest absolute Gasteiger partial charge is 0.128 e. The SMILES string of the molecule is CC(C)NC1CCN(C)C[C@H]1F. The highest BCUT2D eigenvalue weighted by molar-refractivity contribution is 4.84. The molecule has 2 atom stereocenters. The van der Waals surface area contributed by atoms with Crippen LogP contribution in [0.15, 0.2) is 0 Å². The van der Waals surface area contributed by atoms with E-state index in [0.29, 0.717) is 12.6 Å². The van der Waals surface area contributed by atoms with Crippen LogP contribution in [0, 0.1) is 0 Å². The molecule has 1 unspecified atom stereocenters. The molecule has 0 aromatic rings. The summed E-state index contributed by atoms with van der Waals surface area (Å²) in [6.45, 7) is 5.70. The van der Waals surface area contributed by atoms with Gasteiger partial charge in [-0.15, -0.1) is 0 Å². The Morgan fingerprint density at radius 3 is 2.67 bits per heavy atom. The molecule has 72 valence electrons. The van der Waals surface area contributed by atoms with Crippen LogP contribution in [0.25, 0.3) is 0 Å². The molecule has 0 spiro atoms. The van der Waals surface area contributed by atoms with E-state index in [1.807, 2.05) is 11.9 Å². The molecular formula is C9H19FN2. The van der Waals surface area contributed by atoms with Crippen LogP contribution in [0.5, 0.6) is 0 Å². The second-order valence-corrected chi connectivity index (χ2v) is 3.99. The average Bonchev–Trinajstić information content (AvgIpc) is 1.94. The van der Waals surface area contributed by atoms with Gasteiger partial charge in [0.1, 0.15) is 6.17 Å². The predicted octanol–water partition coefficient (Wildman–Crippen LogP) is 1.03. The van der Waals surface area contributed by atoms with Gasteiger partial charge in [-0.25, -0.2) is 4.39 Å². The first-order valence-corrected chi connectivity index (χ1v) is 4.68. The molecule has 0 bridgehead atoms. The number of hydrogen-bond donors (Lipinski definition) is 1. The van der Waals surface area contributed by atoms with Crippen LogP contribution < -0.4 is 5.32 Å². The van der Waals surface area contributed by atoms with Crippen molar-refractivity contribution in [3.8, 4) is 0 Å². The van der Waals surface area contributed by atoms with Gasteiger partial charge >= 0.3 is 0 Å². The maximum absolute atomic E-state index is 13.4. The fourth-order valence-electron chi connectivity index (χ4n) is 1.67. The van der Waals surface area contributed by atoms with Gasteiger partial charge in [0.25, 0.3) is 0 Å². The Morgan fingerprint density at radius 2 is 2.17 bits per heavy atom. The van der Waals surface area contributed by atoms with Crippen LogP contribution in [-0.4, -0.2) is 43.3 Å². The van der Waals surface area contributed by atoms with E-state index >= 15 is 0 Å². The molecule has 1 N–H and O–H groups in total. The van der Waals surface area contributed by atoms with Crippen molar-refractivity contribution in [2.45, 2.75) is 38.5 Å². The Morgan fingerprint density at radius 1 is 1.50 bits per heavy atom. The first kappa shape index (κ1) is 9.93. The third kappa shape index (κ3) is 2.72. The summed E-state index contributed by atoms with van der Waals surface area (Å²) in [6.07, 6.45) is 0.224. The van der Waals surface area contributed by atoms with Gasteiger partial charge in [-0.05, 0) is 20.0 Å². The second kappa shape index (κ2) is 4.19. The van der Waals surface area contributed by atoms with Gasteiger partial charge in [-0.3, -0.25) is 0 Å². The molecule has 1 heterocycles. The summed E-state index contributed by atoms with van der Waals surface area (Å²) in [5.74, 6) is 0. The van der Waals surface area contributed by atoms with Crippen LogP contribution in [0.3, 0.4) is 0 Å². The molecule has 0 amide bonds. The zero-order valence-corrected chi connectivity index (χ0v) is 8.18. The second-order valence-electron chi connectivity index (χ2n) is 3.99. The highest BCUT2D eigenvalue weighted by atomic mass is 19.1. The number of hydrogen-bond acceptors (Lipinski definition) is 2. The minimum atomic E-state index is -0.703. The Balaban J connectivity index is 2.34. The lowest BCUT2D eigenvalue weighted by Gasteiger charge is -2.33. The molecule has 0 aromatic carbocycles. The maximum Gasteiger partial charge on any atom is 0.128 e. The van der Waals surface area contributed by atoms with Crippen LogP contribution >= 0.6 is 0 Å². The van der Waals surface area contributed by atoms with Crippen molar-refractivity contribution >= 4 is 0 Å². The molecular weight excluding hydrogens is 155 g/mol. The van der Waals surface area contributed by atoms with Crippen molar-refractivity contribution in [3.63, 3.8) is 0 Å². The van der Waals surface area contributed by atoms with Gasteiger partial charge in [-0.2, -0.15) is 0 Å². The van der Waals surface area contributed by atoms with Crippen molar-refractivity contribution in [1.82, 2.24) is 10.2 Å². The number of halogens is 1. The quantitative estimate of drug-likeness (QED) is 0.672. The topological polar surface area (TPSA) is 15.3 Å². The molecule has 1 fully saturated rings. The lowest BCUT2D eigenvalue weighted by molar-refractivity contribution is 0.118. The summed E-state index contributed by atoms with van der Waals surface area (Å²) in [7, 11) is 1.97. The first-order chi connectivity index (χ1) is 5.59. The van der Waals surface area contributed by atoms with Crippen LogP contribution in [0.1, 0.15) is 20.3 Å². The van der Waals surface area contributed by atoms with Gasteiger partial charge in [0, 0.05) is 18.6 Å². The summed E-state index contributed by atoms with van der Waals surface area (Å²) in [6, 6.07) is 0.456. The molecule has 12 heavy (non-hydrogen) atoms. The molecule has 0 radical (unpaired) electrons. The van der Waals surface area contributed by atoms with E-state index in [4.69, 9.17) is 0 Å². The lowest BCUT2D eigenvalue weighted by Crippen LogP contribution is -2.51. The standard InChI is InChI=1S/C9H19FN2/c1-7(2)11-9-4-5-12(3)6-8(9)10/h7-9,11H,4-6H2,1-3H3/t8-,9?/m1/s1. The third-order valence-corrected chi connectivity index (χ3v) is 2.29. The van der Waals surface area contributed by atoms with E-state index in [1.165, 1.54) is 0 Å². The van der Waals surface area contributed by atoms with Crippen molar-refractivity contribution in [3.05, 3.63) is 0 Å². The summed E-state index contributed by atoms with van der Waals surface area (Å²) >= 11 is 0. The normalized spacial score (nSPS) is 32.8. The maximum atomic E-state index is 13.4. The monoisotopic (exact) mass is 174 g/mol. The molecule has 0 aliphatic carbocycles. The Bertz CT molecular complexity index is 138. The summed E-state index contributed by atoms with van der Waals surface area (Å²) in [5.41, 5.74) is 0. The molecule has 0 saturated carbocycles. The van der Waals surface area contributed by atoms with E-state index in [9.17, 15) is 4.39 Å². The van der Waals surface area contributed by atoms with E-state index in [1.54, 1.807) is 0 Å². The molecule has 1 saturated heterocycles. The highest BCUT2D eigenvalue weighted by Crippen LogP contribution is 2.12. The van der Waals surface area contributed by atoms with E-state index < -0.39 is 6.17 Å². The fourth-order valence-corrected chi connectivity index (χ4v) is 1.67. The van der Waals surface area contributed by atoms with Crippen molar-refractivity contribution in [2.24, 2.45) is 0 Å². The average molecular weight is 174 g/mol. The number of nitrogens with one attached hydrogen (secondary N) is 1. The zero-order valence-electron chi connectivity index (χ0n) is 8.18.